The highest BCUT2D eigenvalue weighted by Crippen LogP contribution is 2.38. The van der Waals surface area contributed by atoms with Gasteiger partial charge in [0.25, 0.3) is 0 Å². The first-order valence-electron chi connectivity index (χ1n) is 9.52. The average molecular weight is 472 g/mol. The zero-order valence-electron chi connectivity index (χ0n) is 17.5. The number of nitrogens with one attached hydrogen (secondary N) is 2. The van der Waals surface area contributed by atoms with Crippen LogP contribution in [0.3, 0.4) is 0 Å². The van der Waals surface area contributed by atoms with Gasteiger partial charge >= 0.3 is 7.82 Å². The number of phosphoric ester groups is 1. The third kappa shape index (κ3) is 13.8. The number of amides is 2. The van der Waals surface area contributed by atoms with Crippen molar-refractivity contribution in [1.29, 1.82) is 0 Å². The van der Waals surface area contributed by atoms with Gasteiger partial charge in [0, 0.05) is 30.3 Å². The van der Waals surface area contributed by atoms with E-state index in [1.54, 1.807) is 6.08 Å². The fourth-order valence-electron chi connectivity index (χ4n) is 2.12. The summed E-state index contributed by atoms with van der Waals surface area (Å²) in [5, 5.41) is 16.1. The minimum absolute atomic E-state index is 0.0742. The first kappa shape index (κ1) is 28.7. The van der Waals surface area contributed by atoms with Crippen LogP contribution in [0.2, 0.25) is 0 Å². The monoisotopic (exact) mass is 472 g/mol. The van der Waals surface area contributed by atoms with E-state index in [1.807, 2.05) is 6.92 Å². The van der Waals surface area contributed by atoms with E-state index in [2.05, 4.69) is 15.2 Å². The summed E-state index contributed by atoms with van der Waals surface area (Å²) in [6, 6.07) is 0. The van der Waals surface area contributed by atoms with Crippen LogP contribution in [0.25, 0.3) is 0 Å². The SMILES string of the molecule is CCC/C=C\S(=O)(=O)CCCNC(=O)CCNC(=O)[C@H](O)C(C)(C)COP(=O)(O)O. The lowest BCUT2D eigenvalue weighted by molar-refractivity contribution is -0.137. The fraction of sp³-hybridized carbons (Fsp3) is 0.765. The van der Waals surface area contributed by atoms with Crippen molar-refractivity contribution in [3.8, 4) is 0 Å². The van der Waals surface area contributed by atoms with Crippen LogP contribution in [0.15, 0.2) is 11.5 Å². The Morgan fingerprint density at radius 2 is 1.83 bits per heavy atom. The van der Waals surface area contributed by atoms with E-state index in [0.29, 0.717) is 6.42 Å². The topological polar surface area (TPSA) is 179 Å². The number of carbonyl (C=O) groups is 2. The number of aliphatic hydroxyl groups excluding tert-OH is 1. The molecule has 0 saturated heterocycles. The first-order valence-corrected chi connectivity index (χ1v) is 12.8. The van der Waals surface area contributed by atoms with Crippen molar-refractivity contribution in [2.45, 2.75) is 52.6 Å². The first-order chi connectivity index (χ1) is 13.7. The Kier molecular flexibility index (Phi) is 12.6. The van der Waals surface area contributed by atoms with Crippen molar-refractivity contribution in [1.82, 2.24) is 10.6 Å². The van der Waals surface area contributed by atoms with Crippen molar-refractivity contribution >= 4 is 29.5 Å². The lowest BCUT2D eigenvalue weighted by atomic mass is 9.87. The van der Waals surface area contributed by atoms with Gasteiger partial charge in [0.05, 0.1) is 12.4 Å². The minimum Gasteiger partial charge on any atom is -0.383 e. The number of carbonyl (C=O) groups excluding carboxylic acids is 2. The second-order valence-electron chi connectivity index (χ2n) is 7.43. The highest BCUT2D eigenvalue weighted by molar-refractivity contribution is 7.94. The summed E-state index contributed by atoms with van der Waals surface area (Å²) in [6.07, 6.45) is 1.70. The minimum atomic E-state index is -4.74. The lowest BCUT2D eigenvalue weighted by Gasteiger charge is -2.29. The molecule has 0 heterocycles. The van der Waals surface area contributed by atoms with E-state index in [9.17, 15) is 27.7 Å². The van der Waals surface area contributed by atoms with Gasteiger partial charge in [0.1, 0.15) is 6.10 Å². The average Bonchev–Trinajstić information content (AvgIpc) is 2.62. The van der Waals surface area contributed by atoms with E-state index in [4.69, 9.17) is 9.79 Å². The van der Waals surface area contributed by atoms with Gasteiger partial charge in [0.2, 0.25) is 11.8 Å². The predicted octanol–water partition coefficient (Wildman–Crippen LogP) is 0.224. The second-order valence-corrected chi connectivity index (χ2v) is 10.7. The maximum absolute atomic E-state index is 12.0. The zero-order chi connectivity index (χ0) is 23.4. The molecule has 13 heteroatoms. The van der Waals surface area contributed by atoms with Crippen molar-refractivity contribution in [3.05, 3.63) is 11.5 Å². The Balaban J connectivity index is 4.18. The third-order valence-electron chi connectivity index (χ3n) is 3.93. The number of unbranched alkanes of at least 4 members (excludes halogenated alkanes) is 1. The van der Waals surface area contributed by atoms with Crippen molar-refractivity contribution in [2.24, 2.45) is 5.41 Å². The maximum atomic E-state index is 12.0. The summed E-state index contributed by atoms with van der Waals surface area (Å²) in [5.41, 5.74) is -1.27. The molecule has 0 aromatic rings. The molecule has 176 valence electrons. The van der Waals surface area contributed by atoms with Crippen LogP contribution >= 0.6 is 7.82 Å². The van der Waals surface area contributed by atoms with Crippen LogP contribution in [-0.2, 0) is 28.5 Å². The van der Waals surface area contributed by atoms with E-state index in [0.717, 1.165) is 6.42 Å². The molecular formula is C17H33N2O9PS. The van der Waals surface area contributed by atoms with Crippen LogP contribution in [0.4, 0.5) is 0 Å². The normalized spacial score (nSPS) is 13.9. The molecule has 30 heavy (non-hydrogen) atoms. The summed E-state index contributed by atoms with van der Waals surface area (Å²) in [6.45, 7) is 4.27. The van der Waals surface area contributed by atoms with Gasteiger partial charge in [-0.3, -0.25) is 14.1 Å². The molecule has 0 fully saturated rings. The van der Waals surface area contributed by atoms with Gasteiger partial charge in [-0.2, -0.15) is 0 Å². The molecule has 0 saturated carbocycles. The Labute approximate surface area is 177 Å². The summed E-state index contributed by atoms with van der Waals surface area (Å²) >= 11 is 0. The molecule has 11 nitrogen and oxygen atoms in total. The molecule has 0 aromatic heterocycles. The largest absolute Gasteiger partial charge is 0.469 e. The van der Waals surface area contributed by atoms with E-state index in [-0.39, 0.29) is 31.7 Å². The highest BCUT2D eigenvalue weighted by Gasteiger charge is 2.35. The number of hydrogen-bond donors (Lipinski definition) is 5. The van der Waals surface area contributed by atoms with E-state index < -0.39 is 47.6 Å². The number of allylic oxidation sites excluding steroid dienone is 1. The van der Waals surface area contributed by atoms with Gasteiger partial charge in [0.15, 0.2) is 9.84 Å². The van der Waals surface area contributed by atoms with Gasteiger partial charge in [-0.15, -0.1) is 0 Å². The molecule has 5 N–H and O–H groups in total. The number of rotatable bonds is 15. The molecule has 0 aliphatic carbocycles. The maximum Gasteiger partial charge on any atom is 0.469 e. The quantitative estimate of drug-likeness (QED) is 0.165. The number of phosphoric acid groups is 1. The second kappa shape index (κ2) is 13.2. The lowest BCUT2D eigenvalue weighted by Crippen LogP contribution is -2.46. The van der Waals surface area contributed by atoms with Gasteiger partial charge in [-0.05, 0) is 12.8 Å². The molecule has 0 spiro atoms. The number of hydrogen-bond acceptors (Lipinski definition) is 7. The fourth-order valence-corrected chi connectivity index (χ4v) is 3.73. The highest BCUT2D eigenvalue weighted by atomic mass is 32.2. The standard InChI is InChI=1S/C17H33N2O9PS/c1-4-5-6-11-30(26,27)12-7-9-18-14(20)8-10-19-16(22)15(21)17(2,3)13-28-29(23,24)25/h6,11,15,21H,4-5,7-10,12-13H2,1-3H3,(H,18,20)(H,19,22)(H2,23,24,25)/b11-6-/t15-/m0/s1. The molecule has 0 radical (unpaired) electrons. The van der Waals surface area contributed by atoms with Crippen LogP contribution in [0, 0.1) is 5.41 Å². The molecule has 0 aromatic carbocycles. The summed E-state index contributed by atoms with van der Waals surface area (Å²) in [7, 11) is -8.03. The van der Waals surface area contributed by atoms with Crippen molar-refractivity contribution < 1.29 is 42.0 Å². The molecule has 0 aliphatic heterocycles. The summed E-state index contributed by atoms with van der Waals surface area (Å²) in [4.78, 5) is 41.1. The Morgan fingerprint density at radius 1 is 1.20 bits per heavy atom. The predicted molar refractivity (Wildman–Crippen MR) is 111 cm³/mol. The molecule has 0 unspecified atom stereocenters. The molecular weight excluding hydrogens is 439 g/mol. The van der Waals surface area contributed by atoms with Crippen LogP contribution in [0.1, 0.15) is 46.5 Å². The Hall–Kier alpha value is -1.30. The van der Waals surface area contributed by atoms with Crippen LogP contribution in [-0.4, -0.2) is 66.7 Å². The Bertz CT molecular complexity index is 732. The molecule has 1 atom stereocenters. The number of aliphatic hydroxyl groups is 1. The third-order valence-corrected chi connectivity index (χ3v) is 5.86. The van der Waals surface area contributed by atoms with E-state index in [1.165, 1.54) is 19.3 Å². The van der Waals surface area contributed by atoms with E-state index >= 15 is 0 Å². The molecule has 0 bridgehead atoms. The molecule has 0 aliphatic rings. The zero-order valence-corrected chi connectivity index (χ0v) is 19.2. The molecule has 0 rings (SSSR count). The van der Waals surface area contributed by atoms with Crippen LogP contribution < -0.4 is 10.6 Å². The molecule has 2 amide bonds. The summed E-state index contributed by atoms with van der Waals surface area (Å²) in [5.74, 6) is -1.29. The van der Waals surface area contributed by atoms with Gasteiger partial charge < -0.3 is 25.5 Å². The Morgan fingerprint density at radius 3 is 2.40 bits per heavy atom. The summed E-state index contributed by atoms with van der Waals surface area (Å²) < 4.78 is 38.5. The van der Waals surface area contributed by atoms with Crippen molar-refractivity contribution in [3.63, 3.8) is 0 Å². The number of sulfone groups is 1. The smallest absolute Gasteiger partial charge is 0.383 e. The van der Waals surface area contributed by atoms with Gasteiger partial charge in [-0.1, -0.05) is 33.3 Å². The van der Waals surface area contributed by atoms with Gasteiger partial charge in [-0.25, -0.2) is 13.0 Å². The van der Waals surface area contributed by atoms with Crippen molar-refractivity contribution in [2.75, 3.05) is 25.4 Å². The van der Waals surface area contributed by atoms with Crippen LogP contribution in [0.5, 0.6) is 0 Å².